The van der Waals surface area contributed by atoms with E-state index in [2.05, 4.69) is 24.4 Å². The smallest absolute Gasteiger partial charge is 0.166 e. The van der Waals surface area contributed by atoms with Crippen molar-refractivity contribution < 1.29 is 13.9 Å². The molecule has 0 atom stereocenters. The van der Waals surface area contributed by atoms with Gasteiger partial charge in [-0.3, -0.25) is 0 Å². The van der Waals surface area contributed by atoms with Crippen LogP contribution in [-0.4, -0.2) is 7.11 Å². The van der Waals surface area contributed by atoms with E-state index in [0.29, 0.717) is 24.7 Å². The molecule has 0 fully saturated rings. The molecule has 0 radical (unpaired) electrons. The number of hydrogen-bond acceptors (Lipinski definition) is 3. The van der Waals surface area contributed by atoms with Crippen LogP contribution in [-0.2, 0) is 13.2 Å². The molecule has 0 spiro atoms. The van der Waals surface area contributed by atoms with Gasteiger partial charge >= 0.3 is 0 Å². The van der Waals surface area contributed by atoms with Gasteiger partial charge in [-0.15, -0.1) is 0 Å². The van der Waals surface area contributed by atoms with Crippen molar-refractivity contribution in [1.29, 1.82) is 0 Å². The summed E-state index contributed by atoms with van der Waals surface area (Å²) in [5.74, 6) is 0.908. The van der Waals surface area contributed by atoms with Crippen molar-refractivity contribution in [3.63, 3.8) is 0 Å². The lowest BCUT2D eigenvalue weighted by Gasteiger charge is -2.16. The highest BCUT2D eigenvalue weighted by Crippen LogP contribution is 2.32. The van der Waals surface area contributed by atoms with Crippen molar-refractivity contribution in [2.75, 3.05) is 12.4 Å². The predicted molar refractivity (Wildman–Crippen MR) is 107 cm³/mol. The molecule has 140 valence electrons. The van der Waals surface area contributed by atoms with Crippen LogP contribution in [0.15, 0.2) is 60.7 Å². The van der Waals surface area contributed by atoms with Gasteiger partial charge in [0, 0.05) is 17.8 Å². The largest absolute Gasteiger partial charge is 0.493 e. The second kappa shape index (κ2) is 8.78. The van der Waals surface area contributed by atoms with Crippen LogP contribution in [0.4, 0.5) is 10.1 Å². The molecule has 0 aromatic heterocycles. The molecule has 5 heteroatoms. The minimum absolute atomic E-state index is 0.0847. The summed E-state index contributed by atoms with van der Waals surface area (Å²) >= 11 is 5.84. The summed E-state index contributed by atoms with van der Waals surface area (Å²) in [4.78, 5) is 0. The van der Waals surface area contributed by atoms with Crippen molar-refractivity contribution in [2.45, 2.75) is 20.1 Å². The Bertz CT molecular complexity index is 913. The summed E-state index contributed by atoms with van der Waals surface area (Å²) in [6.07, 6.45) is 0. The van der Waals surface area contributed by atoms with E-state index in [1.807, 2.05) is 30.3 Å². The Hall–Kier alpha value is -2.72. The van der Waals surface area contributed by atoms with Gasteiger partial charge in [-0.1, -0.05) is 53.6 Å². The summed E-state index contributed by atoms with van der Waals surface area (Å²) in [7, 11) is 1.62. The third kappa shape index (κ3) is 4.92. The first-order valence-corrected chi connectivity index (χ1v) is 8.98. The van der Waals surface area contributed by atoms with E-state index >= 15 is 0 Å². The molecular formula is C22H21ClFNO2. The molecule has 27 heavy (non-hydrogen) atoms. The quantitative estimate of drug-likeness (QED) is 0.542. The maximum atomic E-state index is 13.3. The number of aryl methyl sites for hydroxylation is 1. The van der Waals surface area contributed by atoms with Gasteiger partial charge in [0.2, 0.25) is 0 Å². The Morgan fingerprint density at radius 1 is 1.04 bits per heavy atom. The molecular weight excluding hydrogens is 365 g/mol. The minimum atomic E-state index is -0.439. The Balaban J connectivity index is 1.76. The van der Waals surface area contributed by atoms with E-state index in [9.17, 15) is 4.39 Å². The van der Waals surface area contributed by atoms with E-state index in [-0.39, 0.29) is 5.02 Å². The maximum Gasteiger partial charge on any atom is 0.166 e. The number of halogens is 2. The number of para-hydroxylation sites is 1. The Morgan fingerprint density at radius 2 is 1.81 bits per heavy atom. The van der Waals surface area contributed by atoms with Crippen LogP contribution in [0.3, 0.4) is 0 Å². The standard InChI is InChI=1S/C22H21ClFNO2/c1-15-6-8-16(9-7-15)14-27-22-17(4-3-5-21(22)26-2)13-25-18-10-11-20(24)19(23)12-18/h3-12,25H,13-14H2,1-2H3. The minimum Gasteiger partial charge on any atom is -0.493 e. The van der Waals surface area contributed by atoms with Gasteiger partial charge in [0.15, 0.2) is 11.5 Å². The molecule has 0 saturated heterocycles. The van der Waals surface area contributed by atoms with E-state index in [4.69, 9.17) is 21.1 Å². The van der Waals surface area contributed by atoms with Gasteiger partial charge in [-0.25, -0.2) is 4.39 Å². The van der Waals surface area contributed by atoms with Crippen LogP contribution in [0, 0.1) is 12.7 Å². The molecule has 3 aromatic carbocycles. The molecule has 0 heterocycles. The molecule has 0 unspecified atom stereocenters. The summed E-state index contributed by atoms with van der Waals surface area (Å²) in [5.41, 5.74) is 3.95. The predicted octanol–water partition coefficient (Wildman–Crippen LogP) is 5.99. The lowest BCUT2D eigenvalue weighted by Crippen LogP contribution is -2.05. The number of methoxy groups -OCH3 is 1. The molecule has 0 amide bonds. The third-order valence-electron chi connectivity index (χ3n) is 4.19. The summed E-state index contributed by atoms with van der Waals surface area (Å²) in [6, 6.07) is 18.5. The van der Waals surface area contributed by atoms with Gasteiger partial charge < -0.3 is 14.8 Å². The topological polar surface area (TPSA) is 30.5 Å². The van der Waals surface area contributed by atoms with Crippen LogP contribution in [0.2, 0.25) is 5.02 Å². The first kappa shape index (κ1) is 19.1. The second-order valence-electron chi connectivity index (χ2n) is 6.21. The highest BCUT2D eigenvalue weighted by Gasteiger charge is 2.11. The average molecular weight is 386 g/mol. The molecule has 0 aliphatic heterocycles. The number of hydrogen-bond donors (Lipinski definition) is 1. The van der Waals surface area contributed by atoms with Crippen molar-refractivity contribution in [3.05, 3.63) is 88.2 Å². The number of nitrogens with one attached hydrogen (secondary N) is 1. The molecule has 3 rings (SSSR count). The normalized spacial score (nSPS) is 10.5. The Kier molecular flexibility index (Phi) is 6.20. The molecule has 3 aromatic rings. The highest BCUT2D eigenvalue weighted by atomic mass is 35.5. The molecule has 0 bridgehead atoms. The SMILES string of the molecule is COc1cccc(CNc2ccc(F)c(Cl)c2)c1OCc1ccc(C)cc1. The van der Waals surface area contributed by atoms with Crippen molar-refractivity contribution in [1.82, 2.24) is 0 Å². The average Bonchev–Trinajstić information content (AvgIpc) is 2.68. The van der Waals surface area contributed by atoms with Gasteiger partial charge in [0.25, 0.3) is 0 Å². The summed E-state index contributed by atoms with van der Waals surface area (Å²) in [6.45, 7) is 2.98. The fraction of sp³-hybridized carbons (Fsp3) is 0.182. The van der Waals surface area contributed by atoms with Gasteiger partial charge in [0.05, 0.1) is 12.1 Å². The van der Waals surface area contributed by atoms with E-state index in [1.165, 1.54) is 11.6 Å². The highest BCUT2D eigenvalue weighted by molar-refractivity contribution is 6.31. The van der Waals surface area contributed by atoms with Gasteiger partial charge in [-0.05, 0) is 36.8 Å². The van der Waals surface area contributed by atoms with Crippen molar-refractivity contribution in [2.24, 2.45) is 0 Å². The Morgan fingerprint density at radius 3 is 2.52 bits per heavy atom. The van der Waals surface area contributed by atoms with E-state index < -0.39 is 5.82 Å². The number of ether oxygens (including phenoxy) is 2. The monoisotopic (exact) mass is 385 g/mol. The first-order valence-electron chi connectivity index (χ1n) is 8.60. The molecule has 3 nitrogen and oxygen atoms in total. The summed E-state index contributed by atoms with van der Waals surface area (Å²) in [5, 5.41) is 3.32. The van der Waals surface area contributed by atoms with Crippen LogP contribution >= 0.6 is 11.6 Å². The van der Waals surface area contributed by atoms with E-state index in [0.717, 1.165) is 16.8 Å². The second-order valence-corrected chi connectivity index (χ2v) is 6.61. The van der Waals surface area contributed by atoms with Crippen LogP contribution in [0.1, 0.15) is 16.7 Å². The van der Waals surface area contributed by atoms with Crippen molar-refractivity contribution in [3.8, 4) is 11.5 Å². The fourth-order valence-corrected chi connectivity index (χ4v) is 2.85. The fourth-order valence-electron chi connectivity index (χ4n) is 2.67. The number of anilines is 1. The van der Waals surface area contributed by atoms with Crippen LogP contribution in [0.5, 0.6) is 11.5 Å². The molecule has 0 aliphatic carbocycles. The lowest BCUT2D eigenvalue weighted by molar-refractivity contribution is 0.281. The molecule has 0 saturated carbocycles. The van der Waals surface area contributed by atoms with Crippen molar-refractivity contribution >= 4 is 17.3 Å². The Labute approximate surface area is 163 Å². The lowest BCUT2D eigenvalue weighted by atomic mass is 10.1. The number of benzene rings is 3. The first-order chi connectivity index (χ1) is 13.1. The van der Waals surface area contributed by atoms with Gasteiger partial charge in [0.1, 0.15) is 12.4 Å². The van der Waals surface area contributed by atoms with Crippen LogP contribution < -0.4 is 14.8 Å². The third-order valence-corrected chi connectivity index (χ3v) is 4.48. The van der Waals surface area contributed by atoms with Gasteiger partial charge in [-0.2, -0.15) is 0 Å². The number of rotatable bonds is 7. The zero-order chi connectivity index (χ0) is 19.2. The summed E-state index contributed by atoms with van der Waals surface area (Å²) < 4.78 is 24.8. The zero-order valence-electron chi connectivity index (χ0n) is 15.3. The van der Waals surface area contributed by atoms with E-state index in [1.54, 1.807) is 19.2 Å². The van der Waals surface area contributed by atoms with Crippen LogP contribution in [0.25, 0.3) is 0 Å². The zero-order valence-corrected chi connectivity index (χ0v) is 16.0. The molecule has 0 aliphatic rings. The molecule has 1 N–H and O–H groups in total. The maximum absolute atomic E-state index is 13.3.